The molecule has 182 valence electrons. The summed E-state index contributed by atoms with van der Waals surface area (Å²) in [5.74, 6) is 0.229. The minimum absolute atomic E-state index is 0.126. The highest BCUT2D eigenvalue weighted by Gasteiger charge is 2.40. The lowest BCUT2D eigenvalue weighted by atomic mass is 9.90. The zero-order valence-electron chi connectivity index (χ0n) is 19.7. The van der Waals surface area contributed by atoms with Gasteiger partial charge in [-0.2, -0.15) is 0 Å². The highest BCUT2D eigenvalue weighted by Crippen LogP contribution is 2.34. The number of fused-ring (bicyclic) bond motifs is 2. The van der Waals surface area contributed by atoms with Crippen LogP contribution in [-0.2, 0) is 29.2 Å². The molecule has 1 unspecified atom stereocenters. The van der Waals surface area contributed by atoms with Crippen LogP contribution >= 0.6 is 0 Å². The van der Waals surface area contributed by atoms with E-state index in [9.17, 15) is 14.4 Å². The van der Waals surface area contributed by atoms with Gasteiger partial charge in [-0.1, -0.05) is 30.3 Å². The lowest BCUT2D eigenvalue weighted by Gasteiger charge is -2.41. The molecule has 0 radical (unpaired) electrons. The molecule has 35 heavy (non-hydrogen) atoms. The molecule has 3 amide bonds. The van der Waals surface area contributed by atoms with E-state index in [4.69, 9.17) is 4.74 Å². The van der Waals surface area contributed by atoms with Gasteiger partial charge in [-0.15, -0.1) is 0 Å². The van der Waals surface area contributed by atoms with Crippen molar-refractivity contribution < 1.29 is 19.1 Å². The van der Waals surface area contributed by atoms with Crippen LogP contribution in [0.25, 0.3) is 0 Å². The topological polar surface area (TPSA) is 91.0 Å². The Labute approximate surface area is 204 Å². The zero-order valence-corrected chi connectivity index (χ0v) is 19.7. The van der Waals surface area contributed by atoms with Crippen molar-refractivity contribution in [1.82, 2.24) is 20.4 Å². The number of piperidine rings is 2. The molecule has 2 fully saturated rings. The van der Waals surface area contributed by atoms with Crippen LogP contribution in [0.5, 0.6) is 5.75 Å². The van der Waals surface area contributed by atoms with E-state index in [0.717, 1.165) is 56.9 Å². The first-order chi connectivity index (χ1) is 17.0. The SMILES string of the molecule is O=C1CCC(N2Cc3cc(CN4CCC5(CC4)CNCc4ccccc4O5)ccc3C2=O)C(=O)N1. The monoisotopic (exact) mass is 474 g/mol. The lowest BCUT2D eigenvalue weighted by Crippen LogP contribution is -2.52. The van der Waals surface area contributed by atoms with Gasteiger partial charge in [0.1, 0.15) is 17.4 Å². The molecule has 2 N–H and O–H groups in total. The summed E-state index contributed by atoms with van der Waals surface area (Å²) in [4.78, 5) is 40.8. The molecule has 4 aliphatic heterocycles. The lowest BCUT2D eigenvalue weighted by molar-refractivity contribution is -0.136. The summed E-state index contributed by atoms with van der Waals surface area (Å²) in [7, 11) is 0. The van der Waals surface area contributed by atoms with Crippen molar-refractivity contribution in [3.63, 3.8) is 0 Å². The molecule has 6 rings (SSSR count). The largest absolute Gasteiger partial charge is 0.486 e. The van der Waals surface area contributed by atoms with Crippen LogP contribution in [0.2, 0.25) is 0 Å². The first-order valence-electron chi connectivity index (χ1n) is 12.5. The maximum absolute atomic E-state index is 12.9. The number of hydrogen-bond donors (Lipinski definition) is 2. The number of para-hydroxylation sites is 1. The van der Waals surface area contributed by atoms with E-state index in [1.54, 1.807) is 4.90 Å². The third-order valence-corrected chi connectivity index (χ3v) is 7.82. The van der Waals surface area contributed by atoms with Crippen molar-refractivity contribution in [2.24, 2.45) is 0 Å². The fraction of sp³-hybridized carbons (Fsp3) is 0.444. The van der Waals surface area contributed by atoms with Gasteiger partial charge in [-0.05, 0) is 29.7 Å². The van der Waals surface area contributed by atoms with Crippen molar-refractivity contribution in [1.29, 1.82) is 0 Å². The molecule has 4 aliphatic rings. The van der Waals surface area contributed by atoms with Crippen LogP contribution < -0.4 is 15.4 Å². The number of imide groups is 1. The third kappa shape index (κ3) is 4.21. The molecule has 1 atom stereocenters. The third-order valence-electron chi connectivity index (χ3n) is 7.82. The van der Waals surface area contributed by atoms with Gasteiger partial charge in [-0.3, -0.25) is 24.6 Å². The van der Waals surface area contributed by atoms with E-state index in [1.165, 1.54) is 11.1 Å². The highest BCUT2D eigenvalue weighted by molar-refractivity contribution is 6.05. The normalized spacial score (nSPS) is 23.9. The fourth-order valence-electron chi connectivity index (χ4n) is 5.83. The van der Waals surface area contributed by atoms with Crippen LogP contribution in [0.1, 0.15) is 52.7 Å². The number of nitrogens with one attached hydrogen (secondary N) is 2. The number of nitrogens with zero attached hydrogens (tertiary/aromatic N) is 2. The standard InChI is InChI=1S/C27H30N4O4/c32-24-8-7-22(25(33)29-24)31-16-20-13-18(5-6-21(20)26(31)34)15-30-11-9-27(10-12-30)17-28-14-19-3-1-2-4-23(19)35-27/h1-6,13,22,28H,7-12,14-17H2,(H,29,32,33). The Morgan fingerprint density at radius 2 is 1.86 bits per heavy atom. The van der Waals surface area contributed by atoms with Gasteiger partial charge in [0.2, 0.25) is 11.8 Å². The maximum atomic E-state index is 12.9. The van der Waals surface area contributed by atoms with Crippen LogP contribution in [0.15, 0.2) is 42.5 Å². The van der Waals surface area contributed by atoms with Crippen molar-refractivity contribution >= 4 is 17.7 Å². The molecule has 0 bridgehead atoms. The first-order valence-corrected chi connectivity index (χ1v) is 12.5. The summed E-state index contributed by atoms with van der Waals surface area (Å²) < 4.78 is 6.56. The van der Waals surface area contributed by atoms with Crippen LogP contribution in [0, 0.1) is 0 Å². The predicted octanol–water partition coefficient (Wildman–Crippen LogP) is 1.96. The minimum atomic E-state index is -0.576. The molecule has 0 saturated carbocycles. The Morgan fingerprint density at radius 1 is 1.03 bits per heavy atom. The quantitative estimate of drug-likeness (QED) is 0.661. The fourth-order valence-corrected chi connectivity index (χ4v) is 5.83. The molecule has 0 aliphatic carbocycles. The Kier molecular flexibility index (Phi) is 5.57. The van der Waals surface area contributed by atoms with E-state index in [2.05, 4.69) is 39.8 Å². The number of carbonyl (C=O) groups excluding carboxylic acids is 3. The Bertz CT molecular complexity index is 1190. The number of ether oxygens (including phenoxy) is 1. The predicted molar refractivity (Wildman–Crippen MR) is 129 cm³/mol. The summed E-state index contributed by atoms with van der Waals surface area (Å²) in [6.07, 6.45) is 2.57. The number of carbonyl (C=O) groups is 3. The highest BCUT2D eigenvalue weighted by atomic mass is 16.5. The average molecular weight is 475 g/mol. The number of benzene rings is 2. The van der Waals surface area contributed by atoms with E-state index >= 15 is 0 Å². The summed E-state index contributed by atoms with van der Waals surface area (Å²) in [5, 5.41) is 5.93. The molecule has 8 nitrogen and oxygen atoms in total. The summed E-state index contributed by atoms with van der Waals surface area (Å²) in [6.45, 7) is 4.82. The van der Waals surface area contributed by atoms with Crippen molar-refractivity contribution in [2.75, 3.05) is 19.6 Å². The molecule has 1 spiro atoms. The van der Waals surface area contributed by atoms with Gasteiger partial charge in [0.15, 0.2) is 0 Å². The first kappa shape index (κ1) is 22.2. The average Bonchev–Trinajstić information content (AvgIpc) is 3.05. The van der Waals surface area contributed by atoms with E-state index in [0.29, 0.717) is 18.5 Å². The Morgan fingerprint density at radius 3 is 2.69 bits per heavy atom. The molecular weight excluding hydrogens is 444 g/mol. The van der Waals surface area contributed by atoms with E-state index < -0.39 is 6.04 Å². The second-order valence-corrected chi connectivity index (χ2v) is 10.2. The maximum Gasteiger partial charge on any atom is 0.255 e. The van der Waals surface area contributed by atoms with Gasteiger partial charge in [0, 0.05) is 69.7 Å². The van der Waals surface area contributed by atoms with Gasteiger partial charge in [-0.25, -0.2) is 0 Å². The van der Waals surface area contributed by atoms with Crippen molar-refractivity contribution in [2.45, 2.75) is 57.0 Å². The molecule has 8 heteroatoms. The summed E-state index contributed by atoms with van der Waals surface area (Å²) in [6, 6.07) is 13.7. The van der Waals surface area contributed by atoms with E-state index in [1.807, 2.05) is 18.2 Å². The summed E-state index contributed by atoms with van der Waals surface area (Å²) >= 11 is 0. The second kappa shape index (κ2) is 8.77. The van der Waals surface area contributed by atoms with Crippen LogP contribution in [0.3, 0.4) is 0 Å². The minimum Gasteiger partial charge on any atom is -0.486 e. The number of hydrogen-bond acceptors (Lipinski definition) is 6. The summed E-state index contributed by atoms with van der Waals surface area (Å²) in [5.41, 5.74) is 3.83. The molecule has 2 aromatic carbocycles. The smallest absolute Gasteiger partial charge is 0.255 e. The number of rotatable bonds is 3. The zero-order chi connectivity index (χ0) is 24.0. The van der Waals surface area contributed by atoms with E-state index in [-0.39, 0.29) is 29.7 Å². The Hall–Kier alpha value is -3.23. The molecule has 0 aromatic heterocycles. The van der Waals surface area contributed by atoms with Gasteiger partial charge >= 0.3 is 0 Å². The van der Waals surface area contributed by atoms with Crippen molar-refractivity contribution in [3.05, 3.63) is 64.7 Å². The number of amides is 3. The molecule has 2 saturated heterocycles. The van der Waals surface area contributed by atoms with Gasteiger partial charge < -0.3 is 15.0 Å². The molecular formula is C27H30N4O4. The van der Waals surface area contributed by atoms with Gasteiger partial charge in [0.25, 0.3) is 5.91 Å². The van der Waals surface area contributed by atoms with Gasteiger partial charge in [0.05, 0.1) is 0 Å². The molecule has 4 heterocycles. The second-order valence-electron chi connectivity index (χ2n) is 10.2. The number of likely N-dealkylation sites (tertiary alicyclic amines) is 1. The Balaban J connectivity index is 1.10. The van der Waals surface area contributed by atoms with Crippen LogP contribution in [-0.4, -0.2) is 58.8 Å². The van der Waals surface area contributed by atoms with Crippen molar-refractivity contribution in [3.8, 4) is 5.75 Å². The van der Waals surface area contributed by atoms with Crippen LogP contribution in [0.4, 0.5) is 0 Å². The molecule has 2 aromatic rings.